The number of rotatable bonds is 9. The molecule has 6 nitrogen and oxygen atoms in total. The van der Waals surface area contributed by atoms with Gasteiger partial charge in [-0.25, -0.2) is 9.59 Å². The predicted molar refractivity (Wildman–Crippen MR) is 90.7 cm³/mol. The second-order valence-electron chi connectivity index (χ2n) is 8.16. The van der Waals surface area contributed by atoms with Gasteiger partial charge in [0.2, 0.25) is 0 Å². The zero-order chi connectivity index (χ0) is 19.0. The second kappa shape index (κ2) is 9.99. The molecule has 0 N–H and O–H groups in total. The van der Waals surface area contributed by atoms with Gasteiger partial charge in [0, 0.05) is 0 Å². The van der Waals surface area contributed by atoms with Crippen LogP contribution in [0.5, 0.6) is 0 Å². The van der Waals surface area contributed by atoms with Gasteiger partial charge < -0.3 is 0 Å². The van der Waals surface area contributed by atoms with E-state index < -0.39 is 23.1 Å². The summed E-state index contributed by atoms with van der Waals surface area (Å²) in [6.07, 6.45) is 2.58. The van der Waals surface area contributed by atoms with Gasteiger partial charge in [0.25, 0.3) is 0 Å². The topological polar surface area (TPSA) is 71.1 Å². The smallest absolute Gasteiger partial charge is 0.298 e. The van der Waals surface area contributed by atoms with Crippen LogP contribution in [0.3, 0.4) is 0 Å². The molecule has 0 aliphatic rings. The number of carbonyl (C=O) groups excluding carboxylic acids is 2. The molecule has 2 unspecified atom stereocenters. The summed E-state index contributed by atoms with van der Waals surface area (Å²) in [6.45, 7) is 14.6. The molecule has 0 saturated heterocycles. The van der Waals surface area contributed by atoms with Gasteiger partial charge in [0.15, 0.2) is 0 Å². The average Bonchev–Trinajstić information content (AvgIpc) is 2.44. The highest BCUT2D eigenvalue weighted by molar-refractivity contribution is 5.73. The van der Waals surface area contributed by atoms with Crippen molar-refractivity contribution in [3.63, 3.8) is 0 Å². The summed E-state index contributed by atoms with van der Waals surface area (Å²) >= 11 is 0. The normalized spacial score (nSPS) is 14.8. The molecule has 24 heavy (non-hydrogen) atoms. The Hall–Kier alpha value is -1.14. The fourth-order valence-electron chi connectivity index (χ4n) is 1.78. The number of hydrogen-bond acceptors (Lipinski definition) is 6. The first-order valence-corrected chi connectivity index (χ1v) is 8.64. The third kappa shape index (κ3) is 11.4. The van der Waals surface area contributed by atoms with Gasteiger partial charge in [0.05, 0.1) is 11.8 Å². The highest BCUT2D eigenvalue weighted by Crippen LogP contribution is 2.21. The van der Waals surface area contributed by atoms with Gasteiger partial charge in [-0.15, -0.1) is 0 Å². The lowest BCUT2D eigenvalue weighted by Gasteiger charge is -2.21. The van der Waals surface area contributed by atoms with E-state index in [1.54, 1.807) is 27.7 Å². The van der Waals surface area contributed by atoms with Crippen LogP contribution in [-0.2, 0) is 29.1 Å². The molecule has 0 radical (unpaired) electrons. The summed E-state index contributed by atoms with van der Waals surface area (Å²) in [5.74, 6) is -1.48. The molecule has 0 aromatic heterocycles. The van der Waals surface area contributed by atoms with E-state index in [0.717, 1.165) is 6.42 Å². The average molecular weight is 346 g/mol. The van der Waals surface area contributed by atoms with E-state index in [2.05, 4.69) is 0 Å². The molecule has 0 heterocycles. The first-order chi connectivity index (χ1) is 10.9. The summed E-state index contributed by atoms with van der Waals surface area (Å²) in [4.78, 5) is 43.9. The maximum atomic E-state index is 12.1. The van der Waals surface area contributed by atoms with Crippen molar-refractivity contribution in [2.45, 2.75) is 92.3 Å². The van der Waals surface area contributed by atoms with E-state index in [-0.39, 0.29) is 11.8 Å². The summed E-state index contributed by atoms with van der Waals surface area (Å²) in [5, 5.41) is 0. The van der Waals surface area contributed by atoms with Crippen molar-refractivity contribution >= 4 is 11.9 Å². The van der Waals surface area contributed by atoms with Crippen LogP contribution in [0.1, 0.15) is 81.1 Å². The fourth-order valence-corrected chi connectivity index (χ4v) is 1.78. The Balaban J connectivity index is 4.41. The molecular formula is C18H34O6. The molecule has 0 aliphatic carbocycles. The van der Waals surface area contributed by atoms with Crippen LogP contribution in [0.25, 0.3) is 0 Å². The Kier molecular flexibility index (Phi) is 9.51. The van der Waals surface area contributed by atoms with Crippen LogP contribution in [0, 0.1) is 11.8 Å². The molecule has 0 saturated carbocycles. The number of carbonyl (C=O) groups is 2. The van der Waals surface area contributed by atoms with Crippen molar-refractivity contribution in [3.8, 4) is 0 Å². The molecule has 2 atom stereocenters. The van der Waals surface area contributed by atoms with Crippen molar-refractivity contribution in [1.29, 1.82) is 0 Å². The second-order valence-corrected chi connectivity index (χ2v) is 8.16. The van der Waals surface area contributed by atoms with E-state index in [1.807, 2.05) is 27.7 Å². The first kappa shape index (κ1) is 22.9. The van der Waals surface area contributed by atoms with Gasteiger partial charge in [-0.2, -0.15) is 9.78 Å². The predicted octanol–water partition coefficient (Wildman–Crippen LogP) is 4.37. The maximum absolute atomic E-state index is 12.1. The molecular weight excluding hydrogens is 312 g/mol. The van der Waals surface area contributed by atoms with Crippen LogP contribution in [0.4, 0.5) is 0 Å². The van der Waals surface area contributed by atoms with E-state index in [0.29, 0.717) is 19.3 Å². The third-order valence-electron chi connectivity index (χ3n) is 3.07. The van der Waals surface area contributed by atoms with E-state index >= 15 is 0 Å². The molecule has 0 spiro atoms. The van der Waals surface area contributed by atoms with E-state index in [1.165, 1.54) is 0 Å². The van der Waals surface area contributed by atoms with Crippen LogP contribution in [-0.4, -0.2) is 23.1 Å². The Bertz CT molecular complexity index is 391. The number of hydrogen-bond donors (Lipinski definition) is 0. The zero-order valence-corrected chi connectivity index (χ0v) is 16.4. The molecule has 0 bridgehead atoms. The summed E-state index contributed by atoms with van der Waals surface area (Å²) in [7, 11) is 0. The molecule has 0 fully saturated rings. The van der Waals surface area contributed by atoms with E-state index in [9.17, 15) is 9.59 Å². The van der Waals surface area contributed by atoms with Crippen LogP contribution >= 0.6 is 0 Å². The van der Waals surface area contributed by atoms with Gasteiger partial charge in [0.1, 0.15) is 11.2 Å². The molecule has 0 amide bonds. The first-order valence-electron chi connectivity index (χ1n) is 8.64. The largest absolute Gasteiger partial charge is 0.345 e. The van der Waals surface area contributed by atoms with Crippen molar-refractivity contribution in [3.05, 3.63) is 0 Å². The van der Waals surface area contributed by atoms with Crippen molar-refractivity contribution in [2.24, 2.45) is 11.8 Å². The van der Waals surface area contributed by atoms with E-state index in [4.69, 9.17) is 19.6 Å². The third-order valence-corrected chi connectivity index (χ3v) is 3.07. The fraction of sp³-hybridized carbons (Fsp3) is 0.889. The summed E-state index contributed by atoms with van der Waals surface area (Å²) in [5.41, 5.74) is -1.10. The van der Waals surface area contributed by atoms with Gasteiger partial charge in [-0.3, -0.25) is 9.78 Å². The Labute approximate surface area is 146 Å². The molecule has 0 aromatic carbocycles. The van der Waals surface area contributed by atoms with Crippen LogP contribution in [0.2, 0.25) is 0 Å². The minimum atomic E-state index is -0.548. The SMILES string of the molecule is CCCC(CCC(C)C(=O)OOC(C)(C)C)C(=O)OOC(C)(C)C. The quantitative estimate of drug-likeness (QED) is 0.456. The lowest BCUT2D eigenvalue weighted by molar-refractivity contribution is -0.324. The van der Waals surface area contributed by atoms with Crippen molar-refractivity contribution < 1.29 is 29.1 Å². The lowest BCUT2D eigenvalue weighted by Crippen LogP contribution is -2.27. The van der Waals surface area contributed by atoms with Crippen molar-refractivity contribution in [1.82, 2.24) is 0 Å². The van der Waals surface area contributed by atoms with Gasteiger partial charge in [-0.1, -0.05) is 20.3 Å². The standard InChI is InChI=1S/C18H34O6/c1-9-10-14(16(20)22-24-18(6,7)8)12-11-13(2)15(19)21-23-17(3,4)5/h13-14H,9-12H2,1-8H3. The van der Waals surface area contributed by atoms with Crippen molar-refractivity contribution in [2.75, 3.05) is 0 Å². The lowest BCUT2D eigenvalue weighted by atomic mass is 9.93. The van der Waals surface area contributed by atoms with Gasteiger partial charge >= 0.3 is 11.9 Å². The minimum absolute atomic E-state index is 0.295. The summed E-state index contributed by atoms with van der Waals surface area (Å²) < 4.78 is 0. The zero-order valence-electron chi connectivity index (χ0n) is 16.4. The molecule has 0 aliphatic heterocycles. The van der Waals surface area contributed by atoms with Crippen LogP contribution in [0.15, 0.2) is 0 Å². The molecule has 6 heteroatoms. The summed E-state index contributed by atoms with van der Waals surface area (Å²) in [6, 6.07) is 0. The maximum Gasteiger partial charge on any atom is 0.345 e. The van der Waals surface area contributed by atoms with Gasteiger partial charge in [-0.05, 0) is 60.8 Å². The highest BCUT2D eigenvalue weighted by Gasteiger charge is 2.26. The Morgan fingerprint density at radius 2 is 1.25 bits per heavy atom. The Morgan fingerprint density at radius 1 is 0.792 bits per heavy atom. The minimum Gasteiger partial charge on any atom is -0.298 e. The molecule has 142 valence electrons. The monoisotopic (exact) mass is 346 g/mol. The highest BCUT2D eigenvalue weighted by atomic mass is 17.2. The molecule has 0 aromatic rings. The Morgan fingerprint density at radius 3 is 1.67 bits per heavy atom. The molecule has 0 rings (SSSR count). The van der Waals surface area contributed by atoms with Crippen LogP contribution < -0.4 is 0 Å².